The second-order valence-corrected chi connectivity index (χ2v) is 11.5. The van der Waals surface area contributed by atoms with Gasteiger partial charge in [0.1, 0.15) is 11.5 Å². The van der Waals surface area contributed by atoms with Crippen LogP contribution in [-0.4, -0.2) is 50.6 Å². The van der Waals surface area contributed by atoms with Crippen molar-refractivity contribution in [3.05, 3.63) is 107 Å². The zero-order valence-electron chi connectivity index (χ0n) is 23.0. The number of carbonyl (C=O) groups excluding carboxylic acids is 1. The summed E-state index contributed by atoms with van der Waals surface area (Å²) in [4.78, 5) is 35.2. The fraction of sp³-hybridized carbons (Fsp3) is 0.258. The molecule has 1 saturated heterocycles. The molecule has 216 valence electrons. The van der Waals surface area contributed by atoms with E-state index in [2.05, 4.69) is 20.8 Å². The first-order valence-corrected chi connectivity index (χ1v) is 15.1. The minimum atomic E-state index is -0.792. The maximum absolute atomic E-state index is 14.1. The molecule has 0 unspecified atom stereocenters. The Morgan fingerprint density at radius 3 is 2.67 bits per heavy atom. The Balaban J connectivity index is 1.56. The van der Waals surface area contributed by atoms with E-state index in [1.165, 1.54) is 11.3 Å². The Hall–Kier alpha value is -3.93. The molecule has 4 heterocycles. The van der Waals surface area contributed by atoms with Crippen molar-refractivity contribution >= 4 is 50.9 Å². The third-order valence-corrected chi connectivity index (χ3v) is 8.59. The van der Waals surface area contributed by atoms with Crippen molar-refractivity contribution in [2.75, 3.05) is 44.9 Å². The molecule has 2 aliphatic rings. The average Bonchev–Trinajstić information content (AvgIpc) is 3.55. The molecule has 0 N–H and O–H groups in total. The van der Waals surface area contributed by atoms with Crippen molar-refractivity contribution < 1.29 is 23.4 Å². The summed E-state index contributed by atoms with van der Waals surface area (Å²) >= 11 is 4.85. The van der Waals surface area contributed by atoms with E-state index in [4.69, 9.17) is 23.6 Å². The van der Waals surface area contributed by atoms with Gasteiger partial charge in [-0.15, -0.1) is 0 Å². The molecule has 0 saturated carbocycles. The van der Waals surface area contributed by atoms with Crippen LogP contribution in [-0.2, 0) is 14.3 Å². The second-order valence-electron chi connectivity index (χ2n) is 9.61. The molecule has 11 heteroatoms. The molecule has 42 heavy (non-hydrogen) atoms. The Bertz CT molecular complexity index is 1840. The number of ether oxygens (including phenoxy) is 3. The zero-order chi connectivity index (χ0) is 29.2. The van der Waals surface area contributed by atoms with Crippen LogP contribution in [0, 0.1) is 0 Å². The van der Waals surface area contributed by atoms with E-state index < -0.39 is 12.0 Å². The zero-order valence-corrected chi connectivity index (χ0v) is 25.4. The Morgan fingerprint density at radius 1 is 1.14 bits per heavy atom. The van der Waals surface area contributed by atoms with Crippen LogP contribution in [0.1, 0.15) is 29.9 Å². The predicted octanol–water partition coefficient (Wildman–Crippen LogP) is 4.14. The summed E-state index contributed by atoms with van der Waals surface area (Å²) in [6, 6.07) is 17.9. The molecule has 1 fully saturated rings. The number of esters is 1. The quantitative estimate of drug-likeness (QED) is 0.278. The van der Waals surface area contributed by atoms with Crippen molar-refractivity contribution in [3.8, 4) is 5.75 Å². The summed E-state index contributed by atoms with van der Waals surface area (Å²) < 4.78 is 25.4. The summed E-state index contributed by atoms with van der Waals surface area (Å²) in [6.07, 6.45) is 1.72. The summed E-state index contributed by atoms with van der Waals surface area (Å²) in [6.45, 7) is 4.61. The Labute approximate surface area is 254 Å². The molecule has 2 aromatic heterocycles. The van der Waals surface area contributed by atoms with Crippen molar-refractivity contribution in [2.24, 2.45) is 4.99 Å². The summed E-state index contributed by atoms with van der Waals surface area (Å²) in [5, 5.41) is 0. The number of anilines is 1. The fourth-order valence-electron chi connectivity index (χ4n) is 5.13. The number of hydrogen-bond acceptors (Lipinski definition) is 9. The lowest BCUT2D eigenvalue weighted by Gasteiger charge is -2.26. The minimum absolute atomic E-state index is 0.179. The van der Waals surface area contributed by atoms with Crippen LogP contribution >= 0.6 is 27.3 Å². The van der Waals surface area contributed by atoms with Gasteiger partial charge in [-0.2, -0.15) is 0 Å². The van der Waals surface area contributed by atoms with Crippen LogP contribution in [0.3, 0.4) is 0 Å². The number of aromatic nitrogens is 1. The highest BCUT2D eigenvalue weighted by Crippen LogP contribution is 2.36. The Kier molecular flexibility index (Phi) is 8.14. The number of benzene rings is 2. The molecule has 0 spiro atoms. The first-order valence-electron chi connectivity index (χ1n) is 13.5. The predicted molar refractivity (Wildman–Crippen MR) is 163 cm³/mol. The van der Waals surface area contributed by atoms with Gasteiger partial charge in [0, 0.05) is 30.8 Å². The smallest absolute Gasteiger partial charge is 0.338 e. The highest BCUT2D eigenvalue weighted by molar-refractivity contribution is 9.10. The average molecular weight is 651 g/mol. The van der Waals surface area contributed by atoms with E-state index in [-0.39, 0.29) is 17.7 Å². The van der Waals surface area contributed by atoms with E-state index in [1.807, 2.05) is 60.7 Å². The first kappa shape index (κ1) is 28.2. The molecule has 6 rings (SSSR count). The molecule has 4 aromatic rings. The number of halogens is 1. The summed E-state index contributed by atoms with van der Waals surface area (Å²) in [5.41, 5.74) is 1.90. The molecule has 0 radical (unpaired) electrons. The molecule has 2 aromatic carbocycles. The third-order valence-electron chi connectivity index (χ3n) is 7.04. The molecule has 1 atom stereocenters. The number of methoxy groups -OCH3 is 1. The van der Waals surface area contributed by atoms with Gasteiger partial charge in [-0.1, -0.05) is 53.8 Å². The van der Waals surface area contributed by atoms with Gasteiger partial charge in [0.25, 0.3) is 5.56 Å². The molecule has 0 aliphatic carbocycles. The van der Waals surface area contributed by atoms with Crippen LogP contribution in [0.4, 0.5) is 5.88 Å². The second kappa shape index (κ2) is 12.1. The number of fused-ring (bicyclic) bond motifs is 1. The van der Waals surface area contributed by atoms with Crippen molar-refractivity contribution in [1.29, 1.82) is 0 Å². The minimum Gasteiger partial charge on any atom is -0.497 e. The summed E-state index contributed by atoms with van der Waals surface area (Å²) in [5.74, 6) is 1.29. The van der Waals surface area contributed by atoms with E-state index in [1.54, 1.807) is 24.7 Å². The first-order chi connectivity index (χ1) is 20.5. The molecule has 2 aliphatic heterocycles. The maximum atomic E-state index is 14.1. The van der Waals surface area contributed by atoms with Gasteiger partial charge in [-0.25, -0.2) is 9.79 Å². The van der Waals surface area contributed by atoms with Gasteiger partial charge in [-0.05, 0) is 40.5 Å². The lowest BCUT2D eigenvalue weighted by atomic mass is 9.93. The van der Waals surface area contributed by atoms with Crippen LogP contribution in [0.15, 0.2) is 84.9 Å². The molecular weight excluding hydrogens is 622 g/mol. The monoisotopic (exact) mass is 649 g/mol. The molecular formula is C31H28BrN3O6S. The SMILES string of the molecule is CCOC(=O)C1=C(c2ccccc2)N=c2s/c(=C/c3cc(Br)c(N4CCOCC4)o3)c(=O)n2[C@@H]1c1cccc(OC)c1. The van der Waals surface area contributed by atoms with Crippen molar-refractivity contribution in [1.82, 2.24) is 4.57 Å². The number of hydrogen-bond donors (Lipinski definition) is 0. The number of nitrogens with zero attached hydrogens (tertiary/aromatic N) is 3. The van der Waals surface area contributed by atoms with E-state index in [0.717, 1.165) is 10.0 Å². The number of thiazole rings is 1. The summed E-state index contributed by atoms with van der Waals surface area (Å²) in [7, 11) is 1.58. The number of morpholine rings is 1. The van der Waals surface area contributed by atoms with Crippen LogP contribution in [0.2, 0.25) is 0 Å². The van der Waals surface area contributed by atoms with Gasteiger partial charge in [-0.3, -0.25) is 9.36 Å². The Morgan fingerprint density at radius 2 is 1.93 bits per heavy atom. The highest BCUT2D eigenvalue weighted by atomic mass is 79.9. The fourth-order valence-corrected chi connectivity index (χ4v) is 6.66. The van der Waals surface area contributed by atoms with Crippen molar-refractivity contribution in [3.63, 3.8) is 0 Å². The van der Waals surface area contributed by atoms with E-state index in [0.29, 0.717) is 64.3 Å². The number of carbonyl (C=O) groups is 1. The topological polar surface area (TPSA) is 95.5 Å². The van der Waals surface area contributed by atoms with E-state index >= 15 is 0 Å². The molecule has 9 nitrogen and oxygen atoms in total. The number of furan rings is 1. The van der Waals surface area contributed by atoms with E-state index in [9.17, 15) is 9.59 Å². The lowest BCUT2D eigenvalue weighted by molar-refractivity contribution is -0.138. The number of rotatable bonds is 7. The van der Waals surface area contributed by atoms with Gasteiger partial charge in [0.2, 0.25) is 5.88 Å². The lowest BCUT2D eigenvalue weighted by Crippen LogP contribution is -2.40. The molecule has 0 amide bonds. The van der Waals surface area contributed by atoms with Crippen molar-refractivity contribution in [2.45, 2.75) is 13.0 Å². The van der Waals surface area contributed by atoms with Gasteiger partial charge < -0.3 is 23.5 Å². The normalized spacial score (nSPS) is 17.2. The van der Waals surface area contributed by atoms with Crippen LogP contribution in [0.25, 0.3) is 11.8 Å². The maximum Gasteiger partial charge on any atom is 0.338 e. The standard InChI is InChI=1S/C31H28BrN3O6S/c1-3-40-30(37)25-26(19-8-5-4-6-9-19)33-31-35(27(25)20-10-7-11-21(16-20)38-2)28(36)24(42-31)18-22-17-23(32)29(41-22)34-12-14-39-15-13-34/h4-11,16-18,27H,3,12-15H2,1-2H3/b24-18+/t27-/m1/s1. The highest BCUT2D eigenvalue weighted by Gasteiger charge is 2.35. The van der Waals surface area contributed by atoms with Gasteiger partial charge in [0.15, 0.2) is 4.80 Å². The third kappa shape index (κ3) is 5.35. The van der Waals surface area contributed by atoms with Gasteiger partial charge >= 0.3 is 5.97 Å². The largest absolute Gasteiger partial charge is 0.497 e. The molecule has 0 bridgehead atoms. The van der Waals surface area contributed by atoms with Crippen LogP contribution in [0.5, 0.6) is 5.75 Å². The van der Waals surface area contributed by atoms with Gasteiger partial charge in [0.05, 0.1) is 53.2 Å². The van der Waals surface area contributed by atoms with Crippen LogP contribution < -0.4 is 24.5 Å².